The van der Waals surface area contributed by atoms with Crippen LogP contribution in [0, 0.1) is 16.7 Å². The number of nitrogens with zero attached hydrogens (tertiary/aromatic N) is 1. The monoisotopic (exact) mass is 223 g/mol. The Morgan fingerprint density at radius 1 is 1.50 bits per heavy atom. The highest BCUT2D eigenvalue weighted by molar-refractivity contribution is 6.20. The SMILES string of the molecule is CC(=O)C1=C(O)[C@](C)(O)[C@](C)(C#N)CC1=O. The van der Waals surface area contributed by atoms with Crippen LogP contribution in [0.5, 0.6) is 0 Å². The van der Waals surface area contributed by atoms with Crippen LogP contribution in [0.3, 0.4) is 0 Å². The van der Waals surface area contributed by atoms with Crippen molar-refractivity contribution in [1.29, 1.82) is 5.26 Å². The summed E-state index contributed by atoms with van der Waals surface area (Å²) in [4.78, 5) is 22.8. The molecule has 0 aliphatic heterocycles. The van der Waals surface area contributed by atoms with Crippen LogP contribution in [0.1, 0.15) is 27.2 Å². The first-order valence-corrected chi connectivity index (χ1v) is 4.79. The zero-order valence-electron chi connectivity index (χ0n) is 9.37. The summed E-state index contributed by atoms with van der Waals surface area (Å²) in [5.74, 6) is -1.93. The van der Waals surface area contributed by atoms with Gasteiger partial charge in [-0.3, -0.25) is 9.59 Å². The fourth-order valence-corrected chi connectivity index (χ4v) is 1.73. The fourth-order valence-electron chi connectivity index (χ4n) is 1.73. The Hall–Kier alpha value is -1.67. The molecule has 0 bridgehead atoms. The molecule has 0 radical (unpaired) electrons. The molecule has 16 heavy (non-hydrogen) atoms. The third-order valence-corrected chi connectivity index (χ3v) is 3.16. The van der Waals surface area contributed by atoms with Crippen LogP contribution in [-0.4, -0.2) is 27.4 Å². The quantitative estimate of drug-likeness (QED) is 0.635. The Morgan fingerprint density at radius 2 is 2.00 bits per heavy atom. The molecule has 1 aliphatic rings. The molecule has 2 atom stereocenters. The highest BCUT2D eigenvalue weighted by Crippen LogP contribution is 2.44. The maximum absolute atomic E-state index is 11.6. The number of ketones is 2. The van der Waals surface area contributed by atoms with E-state index in [1.165, 1.54) is 13.8 Å². The summed E-state index contributed by atoms with van der Waals surface area (Å²) in [7, 11) is 0. The van der Waals surface area contributed by atoms with Crippen molar-refractivity contribution in [3.05, 3.63) is 11.3 Å². The second kappa shape index (κ2) is 3.42. The molecule has 2 N–H and O–H groups in total. The third-order valence-electron chi connectivity index (χ3n) is 3.16. The van der Waals surface area contributed by atoms with Crippen LogP contribution >= 0.6 is 0 Å². The number of Topliss-reactive ketones (excluding diaryl/α,β-unsaturated/α-hetero) is 2. The second-order valence-electron chi connectivity index (χ2n) is 4.40. The minimum Gasteiger partial charge on any atom is -0.508 e. The largest absolute Gasteiger partial charge is 0.508 e. The van der Waals surface area contributed by atoms with Gasteiger partial charge in [0.15, 0.2) is 11.6 Å². The van der Waals surface area contributed by atoms with Crippen LogP contribution in [0.25, 0.3) is 0 Å². The van der Waals surface area contributed by atoms with Gasteiger partial charge in [-0.2, -0.15) is 5.26 Å². The van der Waals surface area contributed by atoms with Gasteiger partial charge in [0.05, 0.1) is 11.5 Å². The molecule has 0 unspecified atom stereocenters. The van der Waals surface area contributed by atoms with Crippen molar-refractivity contribution in [2.24, 2.45) is 5.41 Å². The lowest BCUT2D eigenvalue weighted by atomic mass is 9.65. The number of aliphatic hydroxyl groups excluding tert-OH is 1. The van der Waals surface area contributed by atoms with E-state index in [9.17, 15) is 19.8 Å². The lowest BCUT2D eigenvalue weighted by Crippen LogP contribution is -2.51. The molecule has 86 valence electrons. The number of carbonyl (C=O) groups excluding carboxylic acids is 2. The molecule has 0 aromatic carbocycles. The van der Waals surface area contributed by atoms with Gasteiger partial charge < -0.3 is 10.2 Å². The smallest absolute Gasteiger partial charge is 0.171 e. The van der Waals surface area contributed by atoms with Gasteiger partial charge in [-0.05, 0) is 20.8 Å². The topological polar surface area (TPSA) is 98.4 Å². The number of hydrogen-bond acceptors (Lipinski definition) is 5. The van der Waals surface area contributed by atoms with E-state index < -0.39 is 33.9 Å². The van der Waals surface area contributed by atoms with Crippen molar-refractivity contribution in [3.8, 4) is 6.07 Å². The van der Waals surface area contributed by atoms with E-state index in [1.807, 2.05) is 6.07 Å². The molecule has 1 rings (SSSR count). The number of carbonyl (C=O) groups is 2. The van der Waals surface area contributed by atoms with Gasteiger partial charge in [-0.15, -0.1) is 0 Å². The molecular formula is C11H13NO4. The first-order chi connectivity index (χ1) is 7.17. The standard InChI is InChI=1S/C11H13NO4/c1-6(13)8-7(14)4-10(2,5-12)11(3,16)9(8)15/h15-16H,4H2,1-3H3/t10-,11-/m0/s1. The van der Waals surface area contributed by atoms with Crippen LogP contribution in [-0.2, 0) is 9.59 Å². The van der Waals surface area contributed by atoms with E-state index in [1.54, 1.807) is 0 Å². The number of allylic oxidation sites excluding steroid dienone is 1. The number of nitriles is 1. The minimum absolute atomic E-state index is 0.282. The predicted octanol–water partition coefficient (Wildman–Crippen LogP) is 0.641. The maximum Gasteiger partial charge on any atom is 0.171 e. The van der Waals surface area contributed by atoms with Crippen LogP contribution in [0.2, 0.25) is 0 Å². The molecule has 5 heteroatoms. The van der Waals surface area contributed by atoms with Crippen molar-refractivity contribution in [1.82, 2.24) is 0 Å². The second-order valence-corrected chi connectivity index (χ2v) is 4.40. The summed E-state index contributed by atoms with van der Waals surface area (Å²) in [6.07, 6.45) is -0.282. The van der Waals surface area contributed by atoms with Crippen molar-refractivity contribution in [2.75, 3.05) is 0 Å². The van der Waals surface area contributed by atoms with Gasteiger partial charge in [-0.1, -0.05) is 0 Å². The van der Waals surface area contributed by atoms with E-state index in [0.29, 0.717) is 0 Å². The Morgan fingerprint density at radius 3 is 2.38 bits per heavy atom. The third kappa shape index (κ3) is 1.42. The minimum atomic E-state index is -1.89. The molecule has 5 nitrogen and oxygen atoms in total. The Balaban J connectivity index is 3.50. The molecule has 0 fully saturated rings. The van der Waals surface area contributed by atoms with Gasteiger partial charge in [0.1, 0.15) is 16.9 Å². The zero-order chi connectivity index (χ0) is 12.7. The molecule has 0 saturated carbocycles. The lowest BCUT2D eigenvalue weighted by Gasteiger charge is -2.40. The average molecular weight is 223 g/mol. The molecule has 1 aliphatic carbocycles. The first-order valence-electron chi connectivity index (χ1n) is 4.79. The fraction of sp³-hybridized carbons (Fsp3) is 0.545. The average Bonchev–Trinajstić information content (AvgIpc) is 2.14. The van der Waals surface area contributed by atoms with Gasteiger partial charge in [0.25, 0.3) is 0 Å². The van der Waals surface area contributed by atoms with Crippen LogP contribution in [0.4, 0.5) is 0 Å². The van der Waals surface area contributed by atoms with E-state index in [2.05, 4.69) is 0 Å². The Labute approximate surface area is 93.0 Å². The highest BCUT2D eigenvalue weighted by atomic mass is 16.3. The molecule has 0 aromatic rings. The Bertz CT molecular complexity index is 441. The van der Waals surface area contributed by atoms with Crippen molar-refractivity contribution in [3.63, 3.8) is 0 Å². The molecule has 0 aromatic heterocycles. The first kappa shape index (κ1) is 12.4. The normalized spacial score (nSPS) is 34.8. The summed E-state index contributed by atoms with van der Waals surface area (Å²) >= 11 is 0. The Kier molecular flexibility index (Phi) is 2.65. The van der Waals surface area contributed by atoms with Crippen LogP contribution in [0.15, 0.2) is 11.3 Å². The summed E-state index contributed by atoms with van der Waals surface area (Å²) in [5, 5.41) is 28.8. The van der Waals surface area contributed by atoms with Crippen molar-refractivity contribution in [2.45, 2.75) is 32.8 Å². The summed E-state index contributed by atoms with van der Waals surface area (Å²) < 4.78 is 0. The van der Waals surface area contributed by atoms with Gasteiger partial charge in [-0.25, -0.2) is 0 Å². The van der Waals surface area contributed by atoms with E-state index in [0.717, 1.165) is 6.92 Å². The summed E-state index contributed by atoms with van der Waals surface area (Å²) in [6.45, 7) is 3.73. The number of rotatable bonds is 1. The molecule has 0 saturated heterocycles. The summed E-state index contributed by atoms with van der Waals surface area (Å²) in [5.41, 5.74) is -3.72. The van der Waals surface area contributed by atoms with E-state index >= 15 is 0 Å². The highest BCUT2D eigenvalue weighted by Gasteiger charge is 2.54. The maximum atomic E-state index is 11.6. The van der Waals surface area contributed by atoms with E-state index in [4.69, 9.17) is 5.26 Å². The summed E-state index contributed by atoms with van der Waals surface area (Å²) in [6, 6.07) is 1.81. The lowest BCUT2D eigenvalue weighted by molar-refractivity contribution is -0.128. The van der Waals surface area contributed by atoms with Crippen LogP contribution < -0.4 is 0 Å². The van der Waals surface area contributed by atoms with Crippen molar-refractivity contribution >= 4 is 11.6 Å². The van der Waals surface area contributed by atoms with E-state index in [-0.39, 0.29) is 6.42 Å². The van der Waals surface area contributed by atoms with Gasteiger partial charge in [0.2, 0.25) is 0 Å². The molecular weight excluding hydrogens is 210 g/mol. The van der Waals surface area contributed by atoms with Gasteiger partial charge in [0, 0.05) is 6.42 Å². The molecule has 0 spiro atoms. The number of aliphatic hydroxyl groups is 2. The molecule has 0 amide bonds. The molecule has 0 heterocycles. The zero-order valence-corrected chi connectivity index (χ0v) is 9.37. The van der Waals surface area contributed by atoms with Gasteiger partial charge >= 0.3 is 0 Å². The number of hydrogen-bond donors (Lipinski definition) is 2. The van der Waals surface area contributed by atoms with Crippen molar-refractivity contribution < 1.29 is 19.8 Å². The predicted molar refractivity (Wildman–Crippen MR) is 54.3 cm³/mol.